The molecule has 0 bridgehead atoms. The lowest BCUT2D eigenvalue weighted by Gasteiger charge is -2.49. The third kappa shape index (κ3) is 2.16. The Morgan fingerprint density at radius 3 is 2.47 bits per heavy atom. The van der Waals surface area contributed by atoms with Crippen molar-refractivity contribution in [2.24, 2.45) is 11.1 Å². The number of benzene rings is 1. The summed E-state index contributed by atoms with van der Waals surface area (Å²) in [7, 11) is 0. The molecule has 1 fully saturated rings. The van der Waals surface area contributed by atoms with Crippen LogP contribution in [-0.2, 0) is 6.42 Å². The molecule has 1 heterocycles. The topological polar surface area (TPSA) is 29.3 Å². The van der Waals surface area contributed by atoms with Crippen molar-refractivity contribution < 1.29 is 0 Å². The highest BCUT2D eigenvalue weighted by atomic mass is 15.2. The van der Waals surface area contributed by atoms with Crippen LogP contribution in [0.3, 0.4) is 0 Å². The summed E-state index contributed by atoms with van der Waals surface area (Å²) in [5, 5.41) is 0. The Hall–Kier alpha value is -1.02. The van der Waals surface area contributed by atoms with Gasteiger partial charge in [0.15, 0.2) is 0 Å². The maximum absolute atomic E-state index is 6.22. The Bertz CT molecular complexity index is 454. The molecule has 0 amide bonds. The summed E-state index contributed by atoms with van der Waals surface area (Å²) < 4.78 is 0. The van der Waals surface area contributed by atoms with Crippen molar-refractivity contribution >= 4 is 5.69 Å². The molecule has 1 saturated carbocycles. The molecular weight excluding hydrogens is 232 g/mol. The van der Waals surface area contributed by atoms with Crippen molar-refractivity contribution in [3.63, 3.8) is 0 Å². The van der Waals surface area contributed by atoms with Crippen LogP contribution in [0.5, 0.6) is 0 Å². The van der Waals surface area contributed by atoms with Gasteiger partial charge in [0.1, 0.15) is 0 Å². The Labute approximate surface area is 117 Å². The Kier molecular flexibility index (Phi) is 3.09. The fourth-order valence-electron chi connectivity index (χ4n) is 3.81. The molecule has 1 aromatic carbocycles. The fourth-order valence-corrected chi connectivity index (χ4v) is 3.81. The van der Waals surface area contributed by atoms with Gasteiger partial charge in [-0.15, -0.1) is 0 Å². The molecular formula is C17H26N2. The number of hydrogen-bond donors (Lipinski definition) is 1. The van der Waals surface area contributed by atoms with E-state index in [1.54, 1.807) is 0 Å². The Morgan fingerprint density at radius 1 is 1.11 bits per heavy atom. The lowest BCUT2D eigenvalue weighted by atomic mass is 9.68. The zero-order valence-electron chi connectivity index (χ0n) is 12.3. The number of para-hydroxylation sites is 1. The summed E-state index contributed by atoms with van der Waals surface area (Å²) in [5.74, 6) is 0. The van der Waals surface area contributed by atoms with E-state index in [0.717, 1.165) is 13.1 Å². The normalized spacial score (nSPS) is 24.3. The lowest BCUT2D eigenvalue weighted by molar-refractivity contribution is 0.163. The second kappa shape index (κ2) is 4.52. The number of hydrogen-bond acceptors (Lipinski definition) is 2. The van der Waals surface area contributed by atoms with E-state index in [4.69, 9.17) is 5.73 Å². The van der Waals surface area contributed by atoms with Gasteiger partial charge in [0, 0.05) is 18.8 Å². The van der Waals surface area contributed by atoms with E-state index < -0.39 is 0 Å². The molecule has 0 radical (unpaired) electrons. The first-order valence-corrected chi connectivity index (χ1v) is 7.62. The second-order valence-electron chi connectivity index (χ2n) is 7.12. The lowest BCUT2D eigenvalue weighted by Crippen LogP contribution is -2.56. The fraction of sp³-hybridized carbons (Fsp3) is 0.647. The van der Waals surface area contributed by atoms with Gasteiger partial charge in [0.25, 0.3) is 0 Å². The zero-order valence-corrected chi connectivity index (χ0v) is 12.3. The van der Waals surface area contributed by atoms with Gasteiger partial charge < -0.3 is 10.6 Å². The first-order chi connectivity index (χ1) is 9.06. The number of fused-ring (bicyclic) bond motifs is 1. The van der Waals surface area contributed by atoms with Crippen molar-refractivity contribution in [3.05, 3.63) is 29.8 Å². The summed E-state index contributed by atoms with van der Waals surface area (Å²) in [6.45, 7) is 6.73. The van der Waals surface area contributed by atoms with Crippen molar-refractivity contribution in [1.82, 2.24) is 0 Å². The molecule has 0 unspecified atom stereocenters. The van der Waals surface area contributed by atoms with Gasteiger partial charge in [-0.2, -0.15) is 0 Å². The zero-order chi connectivity index (χ0) is 13.5. The van der Waals surface area contributed by atoms with Gasteiger partial charge in [-0.3, -0.25) is 0 Å². The molecule has 1 aliphatic carbocycles. The average Bonchev–Trinajstić information content (AvgIpc) is 2.84. The van der Waals surface area contributed by atoms with E-state index in [0.29, 0.717) is 5.41 Å². The van der Waals surface area contributed by atoms with Crippen molar-refractivity contribution in [1.29, 1.82) is 0 Å². The minimum absolute atomic E-state index is 0.210. The molecule has 2 nitrogen and oxygen atoms in total. The minimum atomic E-state index is 0.210. The second-order valence-corrected chi connectivity index (χ2v) is 7.12. The van der Waals surface area contributed by atoms with Crippen molar-refractivity contribution in [3.8, 4) is 0 Å². The Balaban J connectivity index is 1.88. The van der Waals surface area contributed by atoms with Gasteiger partial charge >= 0.3 is 0 Å². The van der Waals surface area contributed by atoms with E-state index in [1.807, 2.05) is 0 Å². The minimum Gasteiger partial charge on any atom is -0.364 e. The highest BCUT2D eigenvalue weighted by Crippen LogP contribution is 2.46. The van der Waals surface area contributed by atoms with Gasteiger partial charge in [-0.1, -0.05) is 32.0 Å². The molecule has 2 N–H and O–H groups in total. The summed E-state index contributed by atoms with van der Waals surface area (Å²) in [5.41, 5.74) is 9.87. The maximum atomic E-state index is 6.22. The molecule has 104 valence electrons. The van der Waals surface area contributed by atoms with E-state index in [1.165, 1.54) is 43.4 Å². The maximum Gasteiger partial charge on any atom is 0.0524 e. The van der Waals surface area contributed by atoms with E-state index in [2.05, 4.69) is 43.0 Å². The van der Waals surface area contributed by atoms with Gasteiger partial charge in [0.05, 0.1) is 5.54 Å². The quantitative estimate of drug-likeness (QED) is 0.881. The monoisotopic (exact) mass is 258 g/mol. The molecule has 0 saturated heterocycles. The molecule has 0 atom stereocenters. The smallest absolute Gasteiger partial charge is 0.0524 e. The number of rotatable bonds is 2. The number of nitrogens with two attached hydrogens (primary N) is 1. The van der Waals surface area contributed by atoms with Crippen LogP contribution in [-0.4, -0.2) is 18.6 Å². The predicted octanol–water partition coefficient (Wildman–Crippen LogP) is 3.35. The van der Waals surface area contributed by atoms with E-state index in [9.17, 15) is 0 Å². The van der Waals surface area contributed by atoms with Gasteiger partial charge in [-0.05, 0) is 49.1 Å². The first kappa shape index (κ1) is 13.0. The van der Waals surface area contributed by atoms with E-state index in [-0.39, 0.29) is 5.54 Å². The van der Waals surface area contributed by atoms with Crippen LogP contribution in [0.1, 0.15) is 45.1 Å². The van der Waals surface area contributed by atoms with Gasteiger partial charge in [-0.25, -0.2) is 0 Å². The van der Waals surface area contributed by atoms with Crippen LogP contribution < -0.4 is 10.6 Å². The number of anilines is 1. The first-order valence-electron chi connectivity index (χ1n) is 7.62. The van der Waals surface area contributed by atoms with Crippen LogP contribution in [0.4, 0.5) is 5.69 Å². The summed E-state index contributed by atoms with van der Waals surface area (Å²) in [6, 6.07) is 8.86. The molecule has 0 aromatic heterocycles. The van der Waals surface area contributed by atoms with Crippen LogP contribution in [0.2, 0.25) is 0 Å². The predicted molar refractivity (Wildman–Crippen MR) is 81.5 cm³/mol. The SMILES string of the molecule is CC1(C)CCC(CN)(N2CCc3ccccc32)CC1. The van der Waals surface area contributed by atoms with Crippen LogP contribution in [0.25, 0.3) is 0 Å². The summed E-state index contributed by atoms with van der Waals surface area (Å²) >= 11 is 0. The largest absolute Gasteiger partial charge is 0.364 e. The number of nitrogens with zero attached hydrogens (tertiary/aromatic N) is 1. The molecule has 1 aromatic rings. The van der Waals surface area contributed by atoms with Gasteiger partial charge in [0.2, 0.25) is 0 Å². The van der Waals surface area contributed by atoms with Crippen LogP contribution in [0, 0.1) is 5.41 Å². The Morgan fingerprint density at radius 2 is 1.79 bits per heavy atom. The highest BCUT2D eigenvalue weighted by molar-refractivity contribution is 5.60. The molecule has 0 spiro atoms. The summed E-state index contributed by atoms with van der Waals surface area (Å²) in [4.78, 5) is 2.62. The van der Waals surface area contributed by atoms with Crippen LogP contribution >= 0.6 is 0 Å². The average molecular weight is 258 g/mol. The molecule has 3 rings (SSSR count). The summed E-state index contributed by atoms with van der Waals surface area (Å²) in [6.07, 6.45) is 6.25. The molecule has 2 heteroatoms. The molecule has 19 heavy (non-hydrogen) atoms. The van der Waals surface area contributed by atoms with Crippen molar-refractivity contribution in [2.75, 3.05) is 18.0 Å². The third-order valence-corrected chi connectivity index (χ3v) is 5.37. The van der Waals surface area contributed by atoms with Crippen molar-refractivity contribution in [2.45, 2.75) is 51.5 Å². The standard InChI is InChI=1S/C17H26N2/c1-16(2)8-10-17(13-18,11-9-16)19-12-7-14-5-3-4-6-15(14)19/h3-6H,7-13,18H2,1-2H3. The third-order valence-electron chi connectivity index (χ3n) is 5.37. The molecule has 2 aliphatic rings. The van der Waals surface area contributed by atoms with E-state index >= 15 is 0 Å². The van der Waals surface area contributed by atoms with Crippen LogP contribution in [0.15, 0.2) is 24.3 Å². The highest BCUT2D eigenvalue weighted by Gasteiger charge is 2.43. The molecule has 1 aliphatic heterocycles.